The van der Waals surface area contributed by atoms with E-state index in [1.165, 1.54) is 6.92 Å². The third kappa shape index (κ3) is 2.31. The zero-order valence-electron chi connectivity index (χ0n) is 14.3. The van der Waals surface area contributed by atoms with E-state index < -0.39 is 34.5 Å². The molecule has 0 saturated heterocycles. The van der Waals surface area contributed by atoms with Crippen molar-refractivity contribution in [3.05, 3.63) is 65.7 Å². The first-order chi connectivity index (χ1) is 12.3. The quantitative estimate of drug-likeness (QED) is 0.799. The highest BCUT2D eigenvalue weighted by Crippen LogP contribution is 2.48. The van der Waals surface area contributed by atoms with E-state index in [1.54, 1.807) is 54.6 Å². The van der Waals surface area contributed by atoms with Gasteiger partial charge in [0.25, 0.3) is 0 Å². The summed E-state index contributed by atoms with van der Waals surface area (Å²) in [6.45, 7) is 1.44. The first-order valence-electron chi connectivity index (χ1n) is 8.51. The Labute approximate surface area is 150 Å². The molecule has 26 heavy (non-hydrogen) atoms. The Morgan fingerprint density at radius 2 is 1.62 bits per heavy atom. The maximum Gasteiger partial charge on any atom is 0.209 e. The van der Waals surface area contributed by atoms with Crippen molar-refractivity contribution in [3.8, 4) is 5.75 Å². The van der Waals surface area contributed by atoms with E-state index in [0.717, 1.165) is 0 Å². The van der Waals surface area contributed by atoms with Crippen LogP contribution in [-0.4, -0.2) is 28.1 Å². The molecule has 1 aliphatic heterocycles. The topological polar surface area (TPSA) is 80.7 Å². The largest absolute Gasteiger partial charge is 0.473 e. The maximum absolute atomic E-state index is 13.3. The molecule has 4 rings (SSSR count). The van der Waals surface area contributed by atoms with E-state index in [1.807, 2.05) is 0 Å². The fourth-order valence-electron chi connectivity index (χ4n) is 4.01. The number of Topliss-reactive ketones (excluding diaryl/α,β-unsaturated/α-hetero) is 3. The number of aliphatic hydroxyl groups is 1. The number of para-hydroxylation sites is 1. The molecular weight excluding hydrogens is 332 g/mol. The van der Waals surface area contributed by atoms with Crippen molar-refractivity contribution in [1.82, 2.24) is 0 Å². The molecule has 0 aromatic heterocycles. The van der Waals surface area contributed by atoms with Gasteiger partial charge in [-0.15, -0.1) is 0 Å². The summed E-state index contributed by atoms with van der Waals surface area (Å²) >= 11 is 0. The van der Waals surface area contributed by atoms with Crippen LogP contribution in [0.1, 0.15) is 35.7 Å². The van der Waals surface area contributed by atoms with Gasteiger partial charge >= 0.3 is 0 Å². The molecule has 1 saturated carbocycles. The zero-order valence-corrected chi connectivity index (χ0v) is 14.3. The summed E-state index contributed by atoms with van der Waals surface area (Å²) in [5.74, 6) is -2.41. The summed E-state index contributed by atoms with van der Waals surface area (Å²) < 4.78 is 6.13. The monoisotopic (exact) mass is 350 g/mol. The average molecular weight is 350 g/mol. The molecule has 1 aliphatic carbocycles. The van der Waals surface area contributed by atoms with Crippen molar-refractivity contribution in [3.63, 3.8) is 0 Å². The number of ketones is 3. The number of carbonyl (C=O) groups is 3. The summed E-state index contributed by atoms with van der Waals surface area (Å²) in [6.07, 6.45) is -0.533. The Hall–Kier alpha value is -2.79. The third-order valence-electron chi connectivity index (χ3n) is 5.13. The van der Waals surface area contributed by atoms with Crippen LogP contribution in [0.4, 0.5) is 0 Å². The number of hydrogen-bond acceptors (Lipinski definition) is 5. The minimum atomic E-state index is -1.75. The molecule has 3 unspecified atom stereocenters. The standard InChI is InChI=1S/C21H18O5/c1-20(25)11-15(22)18-19(24)14-9-5-6-10-16(14)26-21(18,17(23)12-20)13-7-3-2-4-8-13/h2-10,18,25H,11-12H2,1H3. The molecule has 5 heteroatoms. The lowest BCUT2D eigenvalue weighted by atomic mass is 9.71. The molecule has 0 spiro atoms. The first kappa shape index (κ1) is 16.7. The Morgan fingerprint density at radius 3 is 2.35 bits per heavy atom. The van der Waals surface area contributed by atoms with Gasteiger partial charge in [0.2, 0.25) is 5.60 Å². The number of fused-ring (bicyclic) bond motifs is 2. The highest BCUT2D eigenvalue weighted by atomic mass is 16.5. The van der Waals surface area contributed by atoms with Crippen LogP contribution in [0, 0.1) is 5.92 Å². The lowest BCUT2D eigenvalue weighted by Crippen LogP contribution is -2.55. The van der Waals surface area contributed by atoms with Crippen molar-refractivity contribution in [2.45, 2.75) is 31.0 Å². The van der Waals surface area contributed by atoms with Crippen LogP contribution in [0.3, 0.4) is 0 Å². The molecule has 3 atom stereocenters. The normalized spacial score (nSPS) is 30.8. The van der Waals surface area contributed by atoms with E-state index in [2.05, 4.69) is 0 Å². The van der Waals surface area contributed by atoms with E-state index in [-0.39, 0.29) is 24.2 Å². The molecule has 0 amide bonds. The lowest BCUT2D eigenvalue weighted by Gasteiger charge is -2.41. The lowest BCUT2D eigenvalue weighted by molar-refractivity contribution is -0.145. The minimum absolute atomic E-state index is 0.264. The van der Waals surface area contributed by atoms with Gasteiger partial charge in [-0.1, -0.05) is 42.5 Å². The number of ether oxygens (including phenoxy) is 1. The number of hydrogen-bond donors (Lipinski definition) is 1. The van der Waals surface area contributed by atoms with Crippen LogP contribution in [-0.2, 0) is 15.2 Å². The van der Waals surface area contributed by atoms with Crippen LogP contribution >= 0.6 is 0 Å². The number of benzene rings is 2. The van der Waals surface area contributed by atoms with E-state index >= 15 is 0 Å². The average Bonchev–Trinajstić information content (AvgIpc) is 2.68. The van der Waals surface area contributed by atoms with Gasteiger partial charge in [0.15, 0.2) is 17.3 Å². The molecule has 0 bridgehead atoms. The summed E-state index contributed by atoms with van der Waals surface area (Å²) in [4.78, 5) is 39.5. The summed E-state index contributed by atoms with van der Waals surface area (Å²) in [6, 6.07) is 15.2. The van der Waals surface area contributed by atoms with Crippen molar-refractivity contribution in [2.24, 2.45) is 5.92 Å². The molecule has 0 radical (unpaired) electrons. The maximum atomic E-state index is 13.3. The van der Waals surface area contributed by atoms with Crippen LogP contribution < -0.4 is 4.74 Å². The second kappa shape index (κ2) is 5.61. The fourth-order valence-corrected chi connectivity index (χ4v) is 4.01. The Bertz CT molecular complexity index is 915. The highest BCUT2D eigenvalue weighted by Gasteiger charge is 2.61. The molecule has 1 N–H and O–H groups in total. The molecule has 2 aromatic rings. The van der Waals surface area contributed by atoms with E-state index in [4.69, 9.17) is 4.74 Å². The fraction of sp³-hybridized carbons (Fsp3) is 0.286. The molecule has 132 valence electrons. The molecule has 1 heterocycles. The summed E-state index contributed by atoms with van der Waals surface area (Å²) in [5, 5.41) is 10.5. The Balaban J connectivity index is 2.02. The van der Waals surface area contributed by atoms with Crippen LogP contribution in [0.25, 0.3) is 0 Å². The summed E-state index contributed by atoms with van der Waals surface area (Å²) in [7, 11) is 0. The van der Waals surface area contributed by atoms with E-state index in [0.29, 0.717) is 5.56 Å². The predicted molar refractivity (Wildman–Crippen MR) is 92.9 cm³/mol. The SMILES string of the molecule is CC1(O)CC(=O)C2C(=O)c3ccccc3OC2(c2ccccc2)C(=O)C1. The Kier molecular flexibility index (Phi) is 3.59. The van der Waals surface area contributed by atoms with Crippen molar-refractivity contribution in [2.75, 3.05) is 0 Å². The molecular formula is C21H18O5. The van der Waals surface area contributed by atoms with Gasteiger partial charge in [-0.05, 0) is 19.1 Å². The van der Waals surface area contributed by atoms with Gasteiger partial charge in [-0.25, -0.2) is 0 Å². The predicted octanol–water partition coefficient (Wildman–Crippen LogP) is 2.46. The van der Waals surface area contributed by atoms with Crippen molar-refractivity contribution < 1.29 is 24.2 Å². The molecule has 2 aromatic carbocycles. The molecule has 1 fully saturated rings. The third-order valence-corrected chi connectivity index (χ3v) is 5.13. The molecule has 2 aliphatic rings. The smallest absolute Gasteiger partial charge is 0.209 e. The zero-order chi connectivity index (χ0) is 18.5. The first-order valence-corrected chi connectivity index (χ1v) is 8.51. The Morgan fingerprint density at radius 1 is 0.962 bits per heavy atom. The van der Waals surface area contributed by atoms with Crippen LogP contribution in [0.5, 0.6) is 5.75 Å². The second-order valence-corrected chi connectivity index (χ2v) is 7.24. The van der Waals surface area contributed by atoms with Crippen LogP contribution in [0.15, 0.2) is 54.6 Å². The summed E-state index contributed by atoms with van der Waals surface area (Å²) in [5.41, 5.74) is -2.52. The number of rotatable bonds is 1. The van der Waals surface area contributed by atoms with Crippen LogP contribution in [0.2, 0.25) is 0 Å². The van der Waals surface area contributed by atoms with Crippen molar-refractivity contribution >= 4 is 17.3 Å². The van der Waals surface area contributed by atoms with Gasteiger partial charge in [-0.2, -0.15) is 0 Å². The van der Waals surface area contributed by atoms with Crippen molar-refractivity contribution in [1.29, 1.82) is 0 Å². The number of carbonyl (C=O) groups excluding carboxylic acids is 3. The van der Waals surface area contributed by atoms with Gasteiger partial charge in [-0.3, -0.25) is 14.4 Å². The van der Waals surface area contributed by atoms with E-state index in [9.17, 15) is 19.5 Å². The minimum Gasteiger partial charge on any atom is -0.473 e. The van der Waals surface area contributed by atoms with Gasteiger partial charge < -0.3 is 9.84 Å². The van der Waals surface area contributed by atoms with Gasteiger partial charge in [0.05, 0.1) is 11.2 Å². The second-order valence-electron chi connectivity index (χ2n) is 7.24. The van der Waals surface area contributed by atoms with Gasteiger partial charge in [0.1, 0.15) is 11.7 Å². The van der Waals surface area contributed by atoms with Gasteiger partial charge in [0, 0.05) is 18.4 Å². The highest BCUT2D eigenvalue weighted by molar-refractivity contribution is 6.18. The molecule has 5 nitrogen and oxygen atoms in total.